The molecule has 3 rings (SSSR count). The molecule has 33 heavy (non-hydrogen) atoms. The minimum atomic E-state index is -3.89. The highest BCUT2D eigenvalue weighted by molar-refractivity contribution is 7.91. The summed E-state index contributed by atoms with van der Waals surface area (Å²) in [6.07, 6.45) is 0. The maximum atomic E-state index is 14.0. The lowest BCUT2D eigenvalue weighted by molar-refractivity contribution is -0.139. The van der Waals surface area contributed by atoms with Crippen molar-refractivity contribution in [2.45, 2.75) is 10.8 Å². The van der Waals surface area contributed by atoms with Crippen LogP contribution in [0.25, 0.3) is 11.1 Å². The zero-order chi connectivity index (χ0) is 24.3. The summed E-state index contributed by atoms with van der Waals surface area (Å²) < 4.78 is 46.3. The van der Waals surface area contributed by atoms with Crippen LogP contribution in [0.4, 0.5) is 4.39 Å². The quantitative estimate of drug-likeness (QED) is 0.439. The van der Waals surface area contributed by atoms with Crippen molar-refractivity contribution < 1.29 is 27.4 Å². The molecule has 0 aliphatic heterocycles. The molecule has 0 atom stereocenters. The third kappa shape index (κ3) is 5.82. The normalized spacial score (nSPS) is 11.4. The number of thiophene rings is 1. The highest BCUT2D eigenvalue weighted by atomic mass is 35.5. The zero-order valence-corrected chi connectivity index (χ0v) is 20.0. The number of ether oxygens (including phenoxy) is 1. The van der Waals surface area contributed by atoms with E-state index in [2.05, 4.69) is 0 Å². The number of carbonyl (C=O) groups is 1. The Hall–Kier alpha value is -2.68. The molecule has 7 nitrogen and oxygen atoms in total. The summed E-state index contributed by atoms with van der Waals surface area (Å²) in [7, 11) is -2.52. The predicted molar refractivity (Wildman–Crippen MR) is 123 cm³/mol. The van der Waals surface area contributed by atoms with E-state index in [0.717, 1.165) is 21.7 Å². The van der Waals surface area contributed by atoms with Gasteiger partial charge in [-0.1, -0.05) is 29.3 Å². The molecule has 0 aliphatic carbocycles. The van der Waals surface area contributed by atoms with Gasteiger partial charge in [-0.3, -0.25) is 0 Å². The fourth-order valence-electron chi connectivity index (χ4n) is 2.93. The molecule has 0 bridgehead atoms. The lowest BCUT2D eigenvalue weighted by Crippen LogP contribution is -2.25. The van der Waals surface area contributed by atoms with Crippen molar-refractivity contribution in [3.63, 3.8) is 0 Å². The summed E-state index contributed by atoms with van der Waals surface area (Å²) in [6.45, 7) is -0.705. The third-order valence-electron chi connectivity index (χ3n) is 4.43. The van der Waals surface area contributed by atoms with Gasteiger partial charge >= 0.3 is 5.97 Å². The van der Waals surface area contributed by atoms with Gasteiger partial charge in [0.15, 0.2) is 6.61 Å². The van der Waals surface area contributed by atoms with Gasteiger partial charge in [-0.25, -0.2) is 17.6 Å². The second-order valence-corrected chi connectivity index (χ2v) is 11.1. The van der Waals surface area contributed by atoms with Crippen LogP contribution in [0.3, 0.4) is 0 Å². The molecule has 2 aromatic carbocycles. The molecule has 0 saturated carbocycles. The number of benzene rings is 2. The summed E-state index contributed by atoms with van der Waals surface area (Å²) in [5.41, 5.74) is 1.15. The number of carboxylic acids is 1. The fraction of sp³-hybridized carbons (Fsp3) is 0.143. The summed E-state index contributed by atoms with van der Waals surface area (Å²) in [5, 5.41) is 18.2. The molecular formula is C21H15Cl2FN2O5S2. The highest BCUT2D eigenvalue weighted by Crippen LogP contribution is 2.36. The van der Waals surface area contributed by atoms with Gasteiger partial charge < -0.3 is 9.84 Å². The molecule has 0 amide bonds. The summed E-state index contributed by atoms with van der Waals surface area (Å²) in [4.78, 5) is 10.9. The Balaban J connectivity index is 2.00. The molecule has 0 fully saturated rings. The van der Waals surface area contributed by atoms with Crippen LogP contribution in [0.5, 0.6) is 5.75 Å². The van der Waals surface area contributed by atoms with Crippen molar-refractivity contribution in [2.75, 3.05) is 13.7 Å². The lowest BCUT2D eigenvalue weighted by Gasteiger charge is -2.18. The Labute approximate surface area is 203 Å². The molecular weight excluding hydrogens is 514 g/mol. The van der Waals surface area contributed by atoms with Gasteiger partial charge in [0.05, 0.1) is 16.7 Å². The number of hydrogen-bond donors (Lipinski definition) is 1. The number of carboxylic acid groups (broad SMARTS) is 1. The van der Waals surface area contributed by atoms with E-state index < -0.39 is 28.4 Å². The topological polar surface area (TPSA) is 108 Å². The largest absolute Gasteiger partial charge is 0.481 e. The third-order valence-corrected chi connectivity index (χ3v) is 8.54. The second kappa shape index (κ2) is 10.1. The second-order valence-electron chi connectivity index (χ2n) is 6.80. The van der Waals surface area contributed by atoms with E-state index in [0.29, 0.717) is 11.1 Å². The van der Waals surface area contributed by atoms with Crippen molar-refractivity contribution in [2.24, 2.45) is 0 Å². The summed E-state index contributed by atoms with van der Waals surface area (Å²) in [6, 6.07) is 11.3. The van der Waals surface area contributed by atoms with Crippen molar-refractivity contribution in [1.82, 2.24) is 4.31 Å². The van der Waals surface area contributed by atoms with Crippen molar-refractivity contribution in [3.8, 4) is 22.9 Å². The Kier molecular flexibility index (Phi) is 7.62. The van der Waals surface area contributed by atoms with Crippen molar-refractivity contribution in [3.05, 3.63) is 68.8 Å². The number of hydrogen-bond acceptors (Lipinski definition) is 6. The van der Waals surface area contributed by atoms with E-state index >= 15 is 0 Å². The molecule has 0 radical (unpaired) electrons. The van der Waals surface area contributed by atoms with Crippen LogP contribution in [0, 0.1) is 17.1 Å². The molecule has 1 aromatic heterocycles. The molecule has 12 heteroatoms. The number of rotatable bonds is 8. The highest BCUT2D eigenvalue weighted by Gasteiger charge is 2.25. The van der Waals surface area contributed by atoms with Gasteiger partial charge in [0.25, 0.3) is 10.0 Å². The Morgan fingerprint density at radius 2 is 1.97 bits per heavy atom. The van der Waals surface area contributed by atoms with Gasteiger partial charge in [-0.2, -0.15) is 9.57 Å². The molecule has 0 spiro atoms. The molecule has 0 unspecified atom stereocenters. The van der Waals surface area contributed by atoms with E-state index in [-0.39, 0.29) is 37.0 Å². The van der Waals surface area contributed by atoms with Gasteiger partial charge in [0.1, 0.15) is 20.1 Å². The van der Waals surface area contributed by atoms with Crippen LogP contribution < -0.4 is 4.74 Å². The maximum absolute atomic E-state index is 14.0. The molecule has 0 aliphatic rings. The Morgan fingerprint density at radius 1 is 1.24 bits per heavy atom. The lowest BCUT2D eigenvalue weighted by atomic mass is 10.00. The number of halogens is 3. The first kappa shape index (κ1) is 25.0. The molecule has 172 valence electrons. The van der Waals surface area contributed by atoms with Gasteiger partial charge in [0, 0.05) is 19.2 Å². The van der Waals surface area contributed by atoms with Crippen molar-refractivity contribution >= 4 is 50.5 Å². The van der Waals surface area contributed by atoms with E-state index in [4.69, 9.17) is 38.3 Å². The minimum Gasteiger partial charge on any atom is -0.481 e. The monoisotopic (exact) mass is 528 g/mol. The molecule has 0 saturated heterocycles. The first-order valence-corrected chi connectivity index (χ1v) is 12.1. The van der Waals surface area contributed by atoms with Crippen LogP contribution >= 0.6 is 34.5 Å². The fourth-order valence-corrected chi connectivity index (χ4v) is 6.18. The van der Waals surface area contributed by atoms with E-state index in [1.807, 2.05) is 6.07 Å². The average molecular weight is 529 g/mol. The van der Waals surface area contributed by atoms with Gasteiger partial charge in [0.2, 0.25) is 0 Å². The first-order chi connectivity index (χ1) is 15.5. The van der Waals surface area contributed by atoms with E-state index in [1.54, 1.807) is 12.1 Å². The Morgan fingerprint density at radius 3 is 2.58 bits per heavy atom. The number of aliphatic carboxylic acids is 1. The molecule has 3 aromatic rings. The smallest absolute Gasteiger partial charge is 0.341 e. The van der Waals surface area contributed by atoms with E-state index in [9.17, 15) is 17.6 Å². The van der Waals surface area contributed by atoms with Crippen LogP contribution in [0.2, 0.25) is 9.36 Å². The summed E-state index contributed by atoms with van der Waals surface area (Å²) in [5.74, 6) is -1.73. The van der Waals surface area contributed by atoms with Crippen LogP contribution in [-0.4, -0.2) is 37.5 Å². The van der Waals surface area contributed by atoms with Gasteiger partial charge in [-0.15, -0.1) is 11.3 Å². The van der Waals surface area contributed by atoms with Gasteiger partial charge in [-0.05, 0) is 47.5 Å². The van der Waals surface area contributed by atoms with Crippen LogP contribution in [-0.2, 0) is 21.4 Å². The van der Waals surface area contributed by atoms with Crippen LogP contribution in [0.15, 0.2) is 46.7 Å². The van der Waals surface area contributed by atoms with Crippen molar-refractivity contribution in [1.29, 1.82) is 5.26 Å². The zero-order valence-electron chi connectivity index (χ0n) is 16.9. The SMILES string of the molecule is CN(Cc1ccc(OCC(=O)O)c(-c2cc(F)cc(C#N)c2)c1)S(=O)(=O)c1cc(Cl)c(Cl)s1. The minimum absolute atomic E-state index is 0.0228. The predicted octanol–water partition coefficient (Wildman–Crippen LogP) is 5.02. The first-order valence-electron chi connectivity index (χ1n) is 9.11. The maximum Gasteiger partial charge on any atom is 0.341 e. The standard InChI is InChI=1S/C21H15Cl2FN2O5S2/c1-26(33(29,30)20-8-17(22)21(23)32-20)10-12-2-3-18(31-11-19(27)28)16(6-12)14-4-13(9-25)5-15(24)7-14/h2-8H,10-11H2,1H3,(H,27,28). The number of nitrogens with zero attached hydrogens (tertiary/aromatic N) is 2. The Bertz CT molecular complexity index is 1350. The number of nitriles is 1. The average Bonchev–Trinajstić information content (AvgIpc) is 3.11. The molecule has 1 N–H and O–H groups in total. The molecule has 1 heterocycles. The van der Waals surface area contributed by atoms with Crippen LogP contribution in [0.1, 0.15) is 11.1 Å². The number of sulfonamides is 1. The van der Waals surface area contributed by atoms with E-state index in [1.165, 1.54) is 31.3 Å². The summed E-state index contributed by atoms with van der Waals surface area (Å²) >= 11 is 12.6.